The smallest absolute Gasteiger partial charge is 0.395 e. The lowest BCUT2D eigenvalue weighted by Gasteiger charge is -2.17. The van der Waals surface area contributed by atoms with Crippen molar-refractivity contribution in [1.29, 1.82) is 0 Å². The maximum absolute atomic E-state index is 11.4. The van der Waals surface area contributed by atoms with Gasteiger partial charge >= 0.3 is 5.97 Å². The van der Waals surface area contributed by atoms with Crippen molar-refractivity contribution in [2.75, 3.05) is 18.2 Å². The van der Waals surface area contributed by atoms with E-state index in [2.05, 4.69) is 15.9 Å². The maximum Gasteiger partial charge on any atom is 0.395 e. The third-order valence-electron chi connectivity index (χ3n) is 4.51. The molecule has 1 unspecified atom stereocenters. The maximum atomic E-state index is 11.4. The number of benzene rings is 2. The summed E-state index contributed by atoms with van der Waals surface area (Å²) in [6, 6.07) is 9.10. The van der Waals surface area contributed by atoms with Crippen molar-refractivity contribution >= 4 is 33.9 Å². The summed E-state index contributed by atoms with van der Waals surface area (Å²) in [5, 5.41) is 11.9. The normalized spacial score (nSPS) is 17.6. The minimum atomic E-state index is -0.960. The van der Waals surface area contributed by atoms with Crippen LogP contribution in [0.2, 0.25) is 0 Å². The molecular formula is C18H14BrNO5. The van der Waals surface area contributed by atoms with Gasteiger partial charge in [-0.25, -0.2) is 9.86 Å². The third kappa shape index (κ3) is 2.64. The van der Waals surface area contributed by atoms with Gasteiger partial charge in [-0.2, -0.15) is 0 Å². The average Bonchev–Trinajstić information content (AvgIpc) is 3.19. The Labute approximate surface area is 152 Å². The molecule has 0 saturated heterocycles. The Morgan fingerprint density at radius 3 is 3.04 bits per heavy atom. The summed E-state index contributed by atoms with van der Waals surface area (Å²) in [5.74, 6) is -0.333. The number of halogens is 1. The second kappa shape index (κ2) is 6.07. The number of hydrogen-bond acceptors (Lipinski definition) is 6. The zero-order valence-corrected chi connectivity index (χ0v) is 14.7. The summed E-state index contributed by atoms with van der Waals surface area (Å²) in [6.45, 7) is 0.914. The van der Waals surface area contributed by atoms with Crippen LogP contribution in [-0.2, 0) is 20.8 Å². The molecule has 0 aliphatic carbocycles. The van der Waals surface area contributed by atoms with Gasteiger partial charge in [-0.1, -0.05) is 22.0 Å². The van der Waals surface area contributed by atoms with Crippen LogP contribution in [-0.4, -0.2) is 30.5 Å². The van der Waals surface area contributed by atoms with E-state index in [9.17, 15) is 14.7 Å². The summed E-state index contributed by atoms with van der Waals surface area (Å²) in [4.78, 5) is 27.2. The van der Waals surface area contributed by atoms with E-state index in [-0.39, 0.29) is 18.0 Å². The van der Waals surface area contributed by atoms with E-state index in [1.165, 1.54) is 5.06 Å². The summed E-state index contributed by atoms with van der Waals surface area (Å²) in [5.41, 5.74) is 3.37. The number of phenolic OH excluding ortho intramolecular Hbond substituents is 1. The molecule has 0 amide bonds. The Bertz CT molecular complexity index is 882. The molecule has 0 fully saturated rings. The molecule has 128 valence electrons. The minimum Gasteiger partial charge on any atom is -0.508 e. The summed E-state index contributed by atoms with van der Waals surface area (Å²) in [6.07, 6.45) is 0.928. The molecule has 7 heteroatoms. The topological polar surface area (TPSA) is 76.1 Å². The molecule has 2 aliphatic heterocycles. The van der Waals surface area contributed by atoms with E-state index in [1.54, 1.807) is 6.07 Å². The highest BCUT2D eigenvalue weighted by Gasteiger charge is 2.36. The molecule has 6 nitrogen and oxygen atoms in total. The van der Waals surface area contributed by atoms with Gasteiger partial charge in [0, 0.05) is 34.0 Å². The van der Waals surface area contributed by atoms with Crippen LogP contribution in [0.4, 0.5) is 5.69 Å². The fourth-order valence-corrected chi connectivity index (χ4v) is 4.06. The van der Waals surface area contributed by atoms with Crippen LogP contribution >= 0.6 is 15.9 Å². The van der Waals surface area contributed by atoms with Crippen LogP contribution in [0.25, 0.3) is 0 Å². The predicted molar refractivity (Wildman–Crippen MR) is 92.8 cm³/mol. The molecule has 0 radical (unpaired) electrons. The fraction of sp³-hybridized carbons (Fsp3) is 0.222. The van der Waals surface area contributed by atoms with Crippen molar-refractivity contribution in [2.24, 2.45) is 0 Å². The SMILES string of the molecule is O=CC(=O)ON1CC(c2cc3c(cc2O)OCC3)c2c(Br)cccc21. The second-order valence-corrected chi connectivity index (χ2v) is 6.79. The second-order valence-electron chi connectivity index (χ2n) is 5.93. The first kappa shape index (κ1) is 16.0. The number of aldehydes is 1. The number of hydroxylamine groups is 1. The molecule has 0 aromatic heterocycles. The first-order valence-corrected chi connectivity index (χ1v) is 8.59. The lowest BCUT2D eigenvalue weighted by atomic mass is 9.91. The van der Waals surface area contributed by atoms with Gasteiger partial charge in [-0.05, 0) is 23.8 Å². The standard InChI is InChI=1S/C18H14BrNO5/c19-13-2-1-3-14-18(13)12(8-20(14)25-17(23)9-21)11-6-10-4-5-24-16(10)7-15(11)22/h1-3,6-7,9,12,22H,4-5,8H2. The van der Waals surface area contributed by atoms with Crippen LogP contribution in [0.5, 0.6) is 11.5 Å². The van der Waals surface area contributed by atoms with E-state index in [0.29, 0.717) is 24.6 Å². The highest BCUT2D eigenvalue weighted by atomic mass is 79.9. The van der Waals surface area contributed by atoms with Crippen LogP contribution in [0.1, 0.15) is 22.6 Å². The lowest BCUT2D eigenvalue weighted by molar-refractivity contribution is -0.149. The van der Waals surface area contributed by atoms with Crippen LogP contribution < -0.4 is 9.80 Å². The van der Waals surface area contributed by atoms with Crippen LogP contribution in [0.3, 0.4) is 0 Å². The molecule has 1 atom stereocenters. The Morgan fingerprint density at radius 2 is 2.24 bits per heavy atom. The number of rotatable bonds is 3. The van der Waals surface area contributed by atoms with Crippen molar-refractivity contribution in [3.8, 4) is 11.5 Å². The van der Waals surface area contributed by atoms with E-state index in [0.717, 1.165) is 27.6 Å². The first-order valence-electron chi connectivity index (χ1n) is 7.80. The number of nitrogens with zero attached hydrogens (tertiary/aromatic N) is 1. The van der Waals surface area contributed by atoms with E-state index in [4.69, 9.17) is 9.57 Å². The Morgan fingerprint density at radius 1 is 1.40 bits per heavy atom. The summed E-state index contributed by atoms with van der Waals surface area (Å²) >= 11 is 3.54. The molecule has 2 aliphatic rings. The predicted octanol–water partition coefficient (Wildman–Crippen LogP) is 2.70. The molecule has 2 heterocycles. The first-order chi connectivity index (χ1) is 12.1. The van der Waals surface area contributed by atoms with Gasteiger partial charge in [0.2, 0.25) is 6.29 Å². The van der Waals surface area contributed by atoms with Gasteiger partial charge in [0.15, 0.2) is 0 Å². The number of hydrogen-bond donors (Lipinski definition) is 1. The molecule has 2 aromatic carbocycles. The largest absolute Gasteiger partial charge is 0.508 e. The third-order valence-corrected chi connectivity index (χ3v) is 5.20. The van der Waals surface area contributed by atoms with Gasteiger partial charge in [0.25, 0.3) is 0 Å². The molecule has 0 bridgehead atoms. The van der Waals surface area contributed by atoms with E-state index < -0.39 is 5.97 Å². The summed E-state index contributed by atoms with van der Waals surface area (Å²) < 4.78 is 6.33. The Balaban J connectivity index is 1.79. The summed E-state index contributed by atoms with van der Waals surface area (Å²) in [7, 11) is 0. The Kier molecular flexibility index (Phi) is 3.88. The Hall–Kier alpha value is -2.54. The van der Waals surface area contributed by atoms with Crippen molar-refractivity contribution in [2.45, 2.75) is 12.3 Å². The van der Waals surface area contributed by atoms with Gasteiger partial charge in [0.05, 0.1) is 18.8 Å². The minimum absolute atomic E-state index is 0.134. The number of ether oxygens (including phenoxy) is 1. The number of carbonyl (C=O) groups is 2. The zero-order valence-electron chi connectivity index (χ0n) is 13.1. The average molecular weight is 404 g/mol. The fourth-order valence-electron chi connectivity index (χ4n) is 3.43. The molecule has 0 saturated carbocycles. The van der Waals surface area contributed by atoms with Crippen molar-refractivity contribution in [3.63, 3.8) is 0 Å². The van der Waals surface area contributed by atoms with Gasteiger partial charge in [0.1, 0.15) is 11.5 Å². The van der Waals surface area contributed by atoms with Crippen molar-refractivity contribution in [1.82, 2.24) is 0 Å². The number of aromatic hydroxyl groups is 1. The molecular weight excluding hydrogens is 390 g/mol. The molecule has 2 aromatic rings. The van der Waals surface area contributed by atoms with Crippen molar-refractivity contribution in [3.05, 3.63) is 51.5 Å². The van der Waals surface area contributed by atoms with Crippen LogP contribution in [0, 0.1) is 0 Å². The number of carbonyl (C=O) groups excluding carboxylic acids is 2. The van der Waals surface area contributed by atoms with Crippen molar-refractivity contribution < 1.29 is 24.3 Å². The monoisotopic (exact) mass is 403 g/mol. The zero-order chi connectivity index (χ0) is 17.6. The van der Waals surface area contributed by atoms with E-state index in [1.807, 2.05) is 24.3 Å². The van der Waals surface area contributed by atoms with Gasteiger partial charge in [-0.3, -0.25) is 4.79 Å². The number of fused-ring (bicyclic) bond motifs is 2. The molecule has 25 heavy (non-hydrogen) atoms. The van der Waals surface area contributed by atoms with Crippen LogP contribution in [0.15, 0.2) is 34.8 Å². The molecule has 4 rings (SSSR count). The van der Waals surface area contributed by atoms with Gasteiger partial charge in [-0.15, -0.1) is 0 Å². The van der Waals surface area contributed by atoms with Gasteiger partial charge < -0.3 is 14.7 Å². The highest BCUT2D eigenvalue weighted by molar-refractivity contribution is 9.10. The quantitative estimate of drug-likeness (QED) is 0.627. The molecule has 0 spiro atoms. The lowest BCUT2D eigenvalue weighted by Crippen LogP contribution is -2.26. The van der Waals surface area contributed by atoms with E-state index >= 15 is 0 Å². The number of anilines is 1. The molecule has 1 N–H and O–H groups in total. The highest BCUT2D eigenvalue weighted by Crippen LogP contribution is 2.47. The number of phenols is 1.